The van der Waals surface area contributed by atoms with Crippen LogP contribution in [-0.2, 0) is 0 Å². The maximum Gasteiger partial charge on any atom is 0.211 e. The molecular formula is C24H21BrClN3OS. The van der Waals surface area contributed by atoms with Gasteiger partial charge >= 0.3 is 0 Å². The van der Waals surface area contributed by atoms with E-state index in [4.69, 9.17) is 26.4 Å². The zero-order chi connectivity index (χ0) is 20.9. The van der Waals surface area contributed by atoms with Crippen molar-refractivity contribution in [2.45, 2.75) is 6.92 Å². The Labute approximate surface area is 201 Å². The van der Waals surface area contributed by atoms with Gasteiger partial charge in [-0.05, 0) is 61.0 Å². The van der Waals surface area contributed by atoms with Crippen LogP contribution in [0.15, 0.2) is 89.3 Å². The average molecular weight is 515 g/mol. The highest BCUT2D eigenvalue weighted by molar-refractivity contribution is 8.93. The van der Waals surface area contributed by atoms with Crippen LogP contribution in [-0.4, -0.2) is 17.8 Å². The summed E-state index contributed by atoms with van der Waals surface area (Å²) < 4.78 is 5.25. The highest BCUT2D eigenvalue weighted by atomic mass is 79.9. The van der Waals surface area contributed by atoms with Gasteiger partial charge < -0.3 is 4.74 Å². The Kier molecular flexibility index (Phi) is 7.85. The fraction of sp³-hybridized carbons (Fsp3) is 0.0833. The number of aromatic nitrogens is 1. The quantitative estimate of drug-likeness (QED) is 0.196. The minimum absolute atomic E-state index is 0. The Morgan fingerprint density at radius 1 is 0.968 bits per heavy atom. The molecule has 7 heteroatoms. The predicted octanol–water partition coefficient (Wildman–Crippen LogP) is 7.61. The zero-order valence-corrected chi connectivity index (χ0v) is 20.3. The largest absolute Gasteiger partial charge is 0.497 e. The highest BCUT2D eigenvalue weighted by Gasteiger charge is 2.15. The molecule has 0 aliphatic heterocycles. The Morgan fingerprint density at radius 3 is 2.29 bits per heavy atom. The van der Waals surface area contributed by atoms with Crippen LogP contribution in [0.2, 0.25) is 5.02 Å². The van der Waals surface area contributed by atoms with E-state index >= 15 is 0 Å². The van der Waals surface area contributed by atoms with E-state index in [0.717, 1.165) is 39.1 Å². The molecule has 4 nitrogen and oxygen atoms in total. The van der Waals surface area contributed by atoms with E-state index in [1.807, 2.05) is 96.2 Å². The smallest absolute Gasteiger partial charge is 0.211 e. The average Bonchev–Trinajstić information content (AvgIpc) is 3.28. The molecule has 0 aliphatic carbocycles. The molecule has 3 aromatic carbocycles. The fourth-order valence-corrected chi connectivity index (χ4v) is 3.86. The molecule has 1 heterocycles. The van der Waals surface area contributed by atoms with Crippen LogP contribution in [0.5, 0.6) is 5.75 Å². The standard InChI is InChI=1S/C24H20ClN3OS.BrH/c1-17(18-8-12-20(25)13-9-18)27-28(21-6-4-3-5-7-21)24-26-23(16-30-24)19-10-14-22(29-2)15-11-19;/h3-16H,1-2H3;1H/b27-17+;. The predicted molar refractivity (Wildman–Crippen MR) is 137 cm³/mol. The van der Waals surface area contributed by atoms with Crippen LogP contribution in [0.1, 0.15) is 12.5 Å². The lowest BCUT2D eigenvalue weighted by Gasteiger charge is -2.17. The van der Waals surface area contributed by atoms with Gasteiger partial charge in [0.05, 0.1) is 24.2 Å². The summed E-state index contributed by atoms with van der Waals surface area (Å²) in [7, 11) is 1.66. The summed E-state index contributed by atoms with van der Waals surface area (Å²) in [5.41, 5.74) is 4.76. The molecular weight excluding hydrogens is 494 g/mol. The Bertz CT molecular complexity index is 1150. The SMILES string of the molecule is Br.COc1ccc(-c2csc(N(/N=C(\C)c3ccc(Cl)cc3)c3ccccc3)n2)cc1. The summed E-state index contributed by atoms with van der Waals surface area (Å²) in [5, 5.41) is 10.3. The maximum atomic E-state index is 6.03. The van der Waals surface area contributed by atoms with Gasteiger partial charge in [0.2, 0.25) is 5.13 Å². The fourth-order valence-electron chi connectivity index (χ4n) is 2.93. The zero-order valence-electron chi connectivity index (χ0n) is 17.0. The highest BCUT2D eigenvalue weighted by Crippen LogP contribution is 2.33. The molecule has 4 aromatic rings. The third-order valence-corrected chi connectivity index (χ3v) is 5.64. The van der Waals surface area contributed by atoms with Crippen molar-refractivity contribution in [1.82, 2.24) is 4.98 Å². The molecule has 4 rings (SSSR count). The number of nitrogens with zero attached hydrogens (tertiary/aromatic N) is 3. The second kappa shape index (κ2) is 10.6. The molecule has 0 spiro atoms. The van der Waals surface area contributed by atoms with Gasteiger partial charge in [-0.1, -0.05) is 41.9 Å². The first-order chi connectivity index (χ1) is 14.6. The van der Waals surface area contributed by atoms with Gasteiger partial charge in [-0.15, -0.1) is 28.3 Å². The molecule has 0 atom stereocenters. The monoisotopic (exact) mass is 513 g/mol. The topological polar surface area (TPSA) is 37.7 Å². The number of benzene rings is 3. The van der Waals surface area contributed by atoms with Crippen LogP contribution >= 0.6 is 39.9 Å². The van der Waals surface area contributed by atoms with Crippen LogP contribution < -0.4 is 9.75 Å². The third kappa shape index (κ3) is 5.53. The molecule has 158 valence electrons. The van der Waals surface area contributed by atoms with Crippen LogP contribution in [0.4, 0.5) is 10.8 Å². The lowest BCUT2D eigenvalue weighted by Crippen LogP contribution is -2.12. The molecule has 0 fully saturated rings. The van der Waals surface area contributed by atoms with E-state index in [9.17, 15) is 0 Å². The molecule has 0 saturated heterocycles. The number of rotatable bonds is 6. The lowest BCUT2D eigenvalue weighted by atomic mass is 10.1. The number of hydrogen-bond acceptors (Lipinski definition) is 5. The minimum Gasteiger partial charge on any atom is -0.497 e. The number of ether oxygens (including phenoxy) is 1. The molecule has 0 radical (unpaired) electrons. The van der Waals surface area contributed by atoms with Gasteiger partial charge in [0.1, 0.15) is 5.75 Å². The molecule has 0 amide bonds. The summed E-state index contributed by atoms with van der Waals surface area (Å²) in [4.78, 5) is 4.85. The number of methoxy groups -OCH3 is 1. The molecule has 1 aromatic heterocycles. The van der Waals surface area contributed by atoms with Crippen LogP contribution in [0, 0.1) is 0 Å². The first kappa shape index (κ1) is 23.0. The number of hydrazone groups is 1. The van der Waals surface area contributed by atoms with E-state index in [1.54, 1.807) is 18.4 Å². The maximum absolute atomic E-state index is 6.03. The van der Waals surface area contributed by atoms with Crippen molar-refractivity contribution < 1.29 is 4.74 Å². The van der Waals surface area contributed by atoms with Crippen molar-refractivity contribution in [3.05, 3.63) is 94.8 Å². The van der Waals surface area contributed by atoms with Gasteiger partial charge in [0.25, 0.3) is 0 Å². The van der Waals surface area contributed by atoms with Gasteiger partial charge in [-0.2, -0.15) is 5.10 Å². The second-order valence-electron chi connectivity index (χ2n) is 6.58. The van der Waals surface area contributed by atoms with E-state index in [0.29, 0.717) is 5.02 Å². The first-order valence-electron chi connectivity index (χ1n) is 9.40. The Morgan fingerprint density at radius 2 is 1.65 bits per heavy atom. The Balaban J connectivity index is 0.00000272. The second-order valence-corrected chi connectivity index (χ2v) is 7.86. The molecule has 0 N–H and O–H groups in total. The van der Waals surface area contributed by atoms with E-state index in [1.165, 1.54) is 0 Å². The summed E-state index contributed by atoms with van der Waals surface area (Å²) in [6, 6.07) is 25.6. The number of thiazole rings is 1. The number of para-hydroxylation sites is 1. The Hall–Kier alpha value is -2.67. The number of anilines is 2. The molecule has 0 unspecified atom stereocenters. The van der Waals surface area contributed by atoms with Gasteiger partial charge in [-0.25, -0.2) is 9.99 Å². The van der Waals surface area contributed by atoms with E-state index < -0.39 is 0 Å². The van der Waals surface area contributed by atoms with Gasteiger partial charge in [0, 0.05) is 16.0 Å². The number of halogens is 2. The van der Waals surface area contributed by atoms with Crippen molar-refractivity contribution in [2.75, 3.05) is 12.1 Å². The van der Waals surface area contributed by atoms with Gasteiger partial charge in [0.15, 0.2) is 0 Å². The summed E-state index contributed by atoms with van der Waals surface area (Å²) in [5.74, 6) is 0.823. The summed E-state index contributed by atoms with van der Waals surface area (Å²) >= 11 is 7.58. The molecule has 0 aliphatic rings. The third-order valence-electron chi connectivity index (χ3n) is 4.57. The minimum atomic E-state index is 0. The van der Waals surface area contributed by atoms with E-state index in [2.05, 4.69) is 0 Å². The lowest BCUT2D eigenvalue weighted by molar-refractivity contribution is 0.415. The van der Waals surface area contributed by atoms with Crippen molar-refractivity contribution in [3.63, 3.8) is 0 Å². The normalized spacial score (nSPS) is 11.0. The number of hydrogen-bond donors (Lipinski definition) is 0. The molecule has 31 heavy (non-hydrogen) atoms. The van der Waals surface area contributed by atoms with Crippen LogP contribution in [0.3, 0.4) is 0 Å². The van der Waals surface area contributed by atoms with Crippen molar-refractivity contribution in [3.8, 4) is 17.0 Å². The van der Waals surface area contributed by atoms with Crippen molar-refractivity contribution in [2.24, 2.45) is 5.10 Å². The van der Waals surface area contributed by atoms with Crippen molar-refractivity contribution >= 4 is 56.4 Å². The van der Waals surface area contributed by atoms with E-state index in [-0.39, 0.29) is 17.0 Å². The van der Waals surface area contributed by atoms with Crippen molar-refractivity contribution in [1.29, 1.82) is 0 Å². The first-order valence-corrected chi connectivity index (χ1v) is 10.7. The van der Waals surface area contributed by atoms with Crippen LogP contribution in [0.25, 0.3) is 11.3 Å². The van der Waals surface area contributed by atoms with Gasteiger partial charge in [-0.3, -0.25) is 0 Å². The molecule has 0 bridgehead atoms. The summed E-state index contributed by atoms with van der Waals surface area (Å²) in [6.07, 6.45) is 0. The summed E-state index contributed by atoms with van der Waals surface area (Å²) in [6.45, 7) is 1.98. The molecule has 0 saturated carbocycles.